The molecule has 0 atom stereocenters. The number of sulfonamides is 1. The fourth-order valence-corrected chi connectivity index (χ4v) is 4.69. The molecule has 0 aliphatic carbocycles. The zero-order valence-electron chi connectivity index (χ0n) is 18.6. The average Bonchev–Trinajstić information content (AvgIpc) is 2.86. The Morgan fingerprint density at radius 2 is 1.52 bits per heavy atom. The van der Waals surface area contributed by atoms with Crippen molar-refractivity contribution in [3.05, 3.63) is 78.4 Å². The number of hydrogen-bond donors (Lipinski definition) is 1. The zero-order chi connectivity index (χ0) is 23.8. The highest BCUT2D eigenvalue weighted by molar-refractivity contribution is 7.92. The normalized spacial score (nSPS) is 10.9. The van der Waals surface area contributed by atoms with Gasteiger partial charge >= 0.3 is 0 Å². The molecule has 33 heavy (non-hydrogen) atoms. The van der Waals surface area contributed by atoms with E-state index in [4.69, 9.17) is 14.2 Å². The number of para-hydroxylation sites is 1. The maximum absolute atomic E-state index is 13.5. The van der Waals surface area contributed by atoms with E-state index in [1.54, 1.807) is 49.6 Å². The first-order valence-electron chi connectivity index (χ1n) is 10.1. The molecule has 0 bridgehead atoms. The highest BCUT2D eigenvalue weighted by Crippen LogP contribution is 2.35. The first-order valence-corrected chi connectivity index (χ1v) is 11.5. The molecule has 8 nitrogen and oxygen atoms in total. The van der Waals surface area contributed by atoms with Crippen molar-refractivity contribution in [3.63, 3.8) is 0 Å². The molecule has 0 heterocycles. The molecule has 0 aromatic heterocycles. The summed E-state index contributed by atoms with van der Waals surface area (Å²) in [4.78, 5) is 12.9. The zero-order valence-corrected chi connectivity index (χ0v) is 19.5. The summed E-state index contributed by atoms with van der Waals surface area (Å²) in [6.45, 7) is -0.267. The molecule has 0 fully saturated rings. The summed E-state index contributed by atoms with van der Waals surface area (Å²) >= 11 is 0. The molecule has 3 aromatic carbocycles. The number of methoxy groups -OCH3 is 3. The van der Waals surface area contributed by atoms with E-state index < -0.39 is 22.5 Å². The van der Waals surface area contributed by atoms with Crippen LogP contribution < -0.4 is 23.8 Å². The van der Waals surface area contributed by atoms with E-state index in [0.29, 0.717) is 11.5 Å². The molecule has 9 heteroatoms. The van der Waals surface area contributed by atoms with Crippen LogP contribution in [-0.2, 0) is 21.4 Å². The molecule has 0 saturated carbocycles. The quantitative estimate of drug-likeness (QED) is 0.489. The lowest BCUT2D eigenvalue weighted by Crippen LogP contribution is -2.40. The first kappa shape index (κ1) is 23.9. The Bertz CT molecular complexity index is 1200. The summed E-state index contributed by atoms with van der Waals surface area (Å²) in [7, 11) is 0.398. The maximum Gasteiger partial charge on any atom is 0.264 e. The van der Waals surface area contributed by atoms with Crippen molar-refractivity contribution in [1.82, 2.24) is 5.32 Å². The number of benzene rings is 3. The van der Waals surface area contributed by atoms with E-state index in [-0.39, 0.29) is 22.9 Å². The van der Waals surface area contributed by atoms with Gasteiger partial charge in [0.25, 0.3) is 10.0 Å². The predicted octanol–water partition coefficient (Wildman–Crippen LogP) is 3.22. The SMILES string of the molecule is COc1ccc(N(CC(=O)NCc2ccccc2OC)S(=O)(=O)c2ccccc2)c(OC)c1. The summed E-state index contributed by atoms with van der Waals surface area (Å²) in [5.41, 5.74) is 0.988. The number of carbonyl (C=O) groups is 1. The highest BCUT2D eigenvalue weighted by Gasteiger charge is 2.29. The van der Waals surface area contributed by atoms with Gasteiger partial charge < -0.3 is 19.5 Å². The van der Waals surface area contributed by atoms with Crippen molar-refractivity contribution in [2.24, 2.45) is 0 Å². The Morgan fingerprint density at radius 1 is 0.848 bits per heavy atom. The van der Waals surface area contributed by atoms with Crippen molar-refractivity contribution in [3.8, 4) is 17.2 Å². The largest absolute Gasteiger partial charge is 0.497 e. The lowest BCUT2D eigenvalue weighted by atomic mass is 10.2. The minimum Gasteiger partial charge on any atom is -0.497 e. The van der Waals surface area contributed by atoms with Gasteiger partial charge in [0.15, 0.2) is 0 Å². The van der Waals surface area contributed by atoms with Gasteiger partial charge in [-0.2, -0.15) is 0 Å². The molecule has 0 unspecified atom stereocenters. The van der Waals surface area contributed by atoms with Gasteiger partial charge in [-0.1, -0.05) is 36.4 Å². The van der Waals surface area contributed by atoms with Crippen LogP contribution in [0.3, 0.4) is 0 Å². The number of amides is 1. The minimum absolute atomic E-state index is 0.0559. The van der Waals surface area contributed by atoms with Gasteiger partial charge in [0.1, 0.15) is 23.8 Å². The molecule has 0 aliphatic heterocycles. The number of anilines is 1. The Labute approximate surface area is 193 Å². The van der Waals surface area contributed by atoms with E-state index in [1.807, 2.05) is 18.2 Å². The average molecular weight is 471 g/mol. The molecular weight excluding hydrogens is 444 g/mol. The Kier molecular flexibility index (Phi) is 7.78. The van der Waals surface area contributed by atoms with Crippen LogP contribution >= 0.6 is 0 Å². The van der Waals surface area contributed by atoms with Crippen LogP contribution in [-0.4, -0.2) is 42.2 Å². The molecule has 3 rings (SSSR count). The van der Waals surface area contributed by atoms with Gasteiger partial charge in [0, 0.05) is 18.2 Å². The lowest BCUT2D eigenvalue weighted by molar-refractivity contribution is -0.119. The topological polar surface area (TPSA) is 94.2 Å². The second-order valence-electron chi connectivity index (χ2n) is 6.95. The van der Waals surface area contributed by atoms with Gasteiger partial charge in [0.05, 0.1) is 31.9 Å². The fourth-order valence-electron chi connectivity index (χ4n) is 3.24. The van der Waals surface area contributed by atoms with Crippen LogP contribution in [0.4, 0.5) is 5.69 Å². The molecule has 0 radical (unpaired) electrons. The number of nitrogens with one attached hydrogen (secondary N) is 1. The van der Waals surface area contributed by atoms with Crippen LogP contribution in [0.1, 0.15) is 5.56 Å². The Morgan fingerprint density at radius 3 is 2.18 bits per heavy atom. The summed E-state index contributed by atoms with van der Waals surface area (Å²) in [5.74, 6) is 0.890. The van der Waals surface area contributed by atoms with E-state index in [0.717, 1.165) is 9.87 Å². The molecule has 1 amide bonds. The standard InChI is InChI=1S/C24H26N2O6S/c1-30-19-13-14-21(23(15-19)32-3)26(33(28,29)20-10-5-4-6-11-20)17-24(27)25-16-18-9-7-8-12-22(18)31-2/h4-15H,16-17H2,1-3H3,(H,25,27). The summed E-state index contributed by atoms with van der Waals surface area (Å²) in [5, 5.41) is 2.77. The molecule has 0 aliphatic rings. The number of hydrogen-bond acceptors (Lipinski definition) is 6. The number of rotatable bonds is 10. The summed E-state index contributed by atoms with van der Waals surface area (Å²) in [6.07, 6.45) is 0. The van der Waals surface area contributed by atoms with Crippen LogP contribution in [0, 0.1) is 0 Å². The monoisotopic (exact) mass is 470 g/mol. The van der Waals surface area contributed by atoms with Crippen LogP contribution in [0.15, 0.2) is 77.7 Å². The van der Waals surface area contributed by atoms with Crippen LogP contribution in [0.25, 0.3) is 0 Å². The Balaban J connectivity index is 1.93. The van der Waals surface area contributed by atoms with Crippen LogP contribution in [0.2, 0.25) is 0 Å². The van der Waals surface area contributed by atoms with E-state index in [2.05, 4.69) is 5.32 Å². The smallest absolute Gasteiger partial charge is 0.264 e. The number of ether oxygens (including phenoxy) is 3. The highest BCUT2D eigenvalue weighted by atomic mass is 32.2. The third-order valence-electron chi connectivity index (χ3n) is 4.94. The van der Waals surface area contributed by atoms with Gasteiger partial charge in [0.2, 0.25) is 5.91 Å². The van der Waals surface area contributed by atoms with E-state index in [9.17, 15) is 13.2 Å². The van der Waals surface area contributed by atoms with Crippen molar-refractivity contribution >= 4 is 21.6 Å². The van der Waals surface area contributed by atoms with E-state index >= 15 is 0 Å². The second kappa shape index (κ2) is 10.7. The van der Waals surface area contributed by atoms with Gasteiger partial charge in [-0.05, 0) is 30.3 Å². The molecule has 0 saturated heterocycles. The van der Waals surface area contributed by atoms with Crippen molar-refractivity contribution in [2.45, 2.75) is 11.4 Å². The Hall–Kier alpha value is -3.72. The third-order valence-corrected chi connectivity index (χ3v) is 6.72. The second-order valence-corrected chi connectivity index (χ2v) is 8.81. The molecule has 1 N–H and O–H groups in total. The van der Waals surface area contributed by atoms with E-state index in [1.165, 1.54) is 26.4 Å². The van der Waals surface area contributed by atoms with Gasteiger partial charge in [-0.25, -0.2) is 8.42 Å². The lowest BCUT2D eigenvalue weighted by Gasteiger charge is -2.26. The maximum atomic E-state index is 13.5. The first-order chi connectivity index (χ1) is 15.9. The molecule has 174 valence electrons. The van der Waals surface area contributed by atoms with Crippen LogP contribution in [0.5, 0.6) is 17.2 Å². The third kappa shape index (κ3) is 5.56. The number of carbonyl (C=O) groups excluding carboxylic acids is 1. The molecule has 3 aromatic rings. The molecule has 0 spiro atoms. The van der Waals surface area contributed by atoms with Crippen molar-refractivity contribution in [1.29, 1.82) is 0 Å². The number of nitrogens with zero attached hydrogens (tertiary/aromatic N) is 1. The minimum atomic E-state index is -4.07. The van der Waals surface area contributed by atoms with Crippen molar-refractivity contribution in [2.75, 3.05) is 32.2 Å². The molecular formula is C24H26N2O6S. The summed E-state index contributed by atoms with van der Waals surface area (Å²) in [6, 6.07) is 19.9. The van der Waals surface area contributed by atoms with Gasteiger partial charge in [-0.15, -0.1) is 0 Å². The van der Waals surface area contributed by atoms with Gasteiger partial charge in [-0.3, -0.25) is 9.10 Å². The summed E-state index contributed by atoms with van der Waals surface area (Å²) < 4.78 is 44.0. The van der Waals surface area contributed by atoms with Crippen molar-refractivity contribution < 1.29 is 27.4 Å². The predicted molar refractivity (Wildman–Crippen MR) is 125 cm³/mol. The fraction of sp³-hybridized carbons (Fsp3) is 0.208.